The zero-order chi connectivity index (χ0) is 13.9. The fourth-order valence-electron chi connectivity index (χ4n) is 1.72. The van der Waals surface area contributed by atoms with E-state index in [4.69, 9.17) is 18.9 Å². The molecule has 2 rings (SSSR count). The minimum Gasteiger partial charge on any atom is -0.467 e. The number of fused-ring (bicyclic) bond motifs is 1. The molecule has 0 fully saturated rings. The first-order valence-electron chi connectivity index (χ1n) is 6.29. The average molecular weight is 267 g/mol. The Morgan fingerprint density at radius 1 is 1.21 bits per heavy atom. The van der Waals surface area contributed by atoms with Crippen molar-refractivity contribution in [2.45, 2.75) is 32.9 Å². The number of hydrogen-bond donors (Lipinski definition) is 1. The Labute approximate surface area is 113 Å². The van der Waals surface area contributed by atoms with Crippen LogP contribution in [0.2, 0.25) is 0 Å². The highest BCUT2D eigenvalue weighted by molar-refractivity contribution is 5.51. The van der Waals surface area contributed by atoms with E-state index < -0.39 is 0 Å². The molecule has 0 unspecified atom stereocenters. The number of methoxy groups -OCH3 is 1. The highest BCUT2D eigenvalue weighted by Crippen LogP contribution is 2.38. The third kappa shape index (κ3) is 3.75. The van der Waals surface area contributed by atoms with E-state index in [1.807, 2.05) is 12.1 Å². The summed E-state index contributed by atoms with van der Waals surface area (Å²) in [5, 5.41) is 3.43. The maximum atomic E-state index is 5.58. The molecule has 0 radical (unpaired) electrons. The summed E-state index contributed by atoms with van der Waals surface area (Å²) < 4.78 is 21.3. The van der Waals surface area contributed by atoms with E-state index in [0.29, 0.717) is 12.3 Å². The van der Waals surface area contributed by atoms with E-state index in [-0.39, 0.29) is 19.1 Å². The Hall–Kier alpha value is -1.46. The van der Waals surface area contributed by atoms with Crippen LogP contribution in [-0.4, -0.2) is 26.2 Å². The van der Waals surface area contributed by atoms with Crippen molar-refractivity contribution in [3.8, 4) is 17.2 Å². The smallest absolute Gasteiger partial charge is 0.231 e. The SMILES string of the molecule is COCOc1cc2c(cc1CNC(C)(C)C)OCO2. The van der Waals surface area contributed by atoms with E-state index in [9.17, 15) is 0 Å². The largest absolute Gasteiger partial charge is 0.467 e. The van der Waals surface area contributed by atoms with Gasteiger partial charge in [-0.05, 0) is 26.8 Å². The van der Waals surface area contributed by atoms with E-state index in [1.165, 1.54) is 0 Å². The normalized spacial score (nSPS) is 13.7. The molecule has 0 bridgehead atoms. The number of benzene rings is 1. The van der Waals surface area contributed by atoms with Gasteiger partial charge in [-0.1, -0.05) is 0 Å². The van der Waals surface area contributed by atoms with Crippen molar-refractivity contribution in [3.05, 3.63) is 17.7 Å². The number of hydrogen-bond acceptors (Lipinski definition) is 5. The minimum atomic E-state index is 0.0366. The second-order valence-corrected chi connectivity index (χ2v) is 5.47. The van der Waals surface area contributed by atoms with Gasteiger partial charge >= 0.3 is 0 Å². The molecule has 0 amide bonds. The molecule has 1 aromatic carbocycles. The van der Waals surface area contributed by atoms with Crippen molar-refractivity contribution < 1.29 is 18.9 Å². The minimum absolute atomic E-state index is 0.0366. The van der Waals surface area contributed by atoms with Gasteiger partial charge in [-0.3, -0.25) is 0 Å². The van der Waals surface area contributed by atoms with Crippen LogP contribution in [0.1, 0.15) is 26.3 Å². The second-order valence-electron chi connectivity index (χ2n) is 5.47. The van der Waals surface area contributed by atoms with Crippen LogP contribution in [-0.2, 0) is 11.3 Å². The predicted molar refractivity (Wildman–Crippen MR) is 71.7 cm³/mol. The van der Waals surface area contributed by atoms with E-state index in [1.54, 1.807) is 7.11 Å². The molecule has 19 heavy (non-hydrogen) atoms. The summed E-state index contributed by atoms with van der Waals surface area (Å²) in [4.78, 5) is 0. The molecule has 1 aromatic rings. The summed E-state index contributed by atoms with van der Waals surface area (Å²) in [6.07, 6.45) is 0. The second kappa shape index (κ2) is 5.67. The summed E-state index contributed by atoms with van der Waals surface area (Å²) in [7, 11) is 1.60. The predicted octanol–water partition coefficient (Wildman–Crippen LogP) is 2.29. The van der Waals surface area contributed by atoms with Gasteiger partial charge in [0.2, 0.25) is 6.79 Å². The fourth-order valence-corrected chi connectivity index (χ4v) is 1.72. The molecule has 5 heteroatoms. The van der Waals surface area contributed by atoms with Gasteiger partial charge in [-0.15, -0.1) is 0 Å². The van der Waals surface area contributed by atoms with Crippen molar-refractivity contribution in [1.29, 1.82) is 0 Å². The van der Waals surface area contributed by atoms with Crippen LogP contribution in [0.3, 0.4) is 0 Å². The van der Waals surface area contributed by atoms with Crippen molar-refractivity contribution in [2.75, 3.05) is 20.7 Å². The van der Waals surface area contributed by atoms with Gasteiger partial charge in [0.1, 0.15) is 5.75 Å². The van der Waals surface area contributed by atoms with Crippen LogP contribution in [0.15, 0.2) is 12.1 Å². The van der Waals surface area contributed by atoms with Crippen molar-refractivity contribution in [3.63, 3.8) is 0 Å². The lowest BCUT2D eigenvalue weighted by atomic mass is 10.1. The third-order valence-electron chi connectivity index (χ3n) is 2.70. The van der Waals surface area contributed by atoms with E-state index in [0.717, 1.165) is 17.1 Å². The lowest BCUT2D eigenvalue weighted by molar-refractivity contribution is 0.0501. The average Bonchev–Trinajstić information content (AvgIpc) is 2.79. The molecule has 5 nitrogen and oxygen atoms in total. The summed E-state index contributed by atoms with van der Waals surface area (Å²) in [6, 6.07) is 3.80. The van der Waals surface area contributed by atoms with Gasteiger partial charge < -0.3 is 24.3 Å². The van der Waals surface area contributed by atoms with Crippen LogP contribution >= 0.6 is 0 Å². The zero-order valence-electron chi connectivity index (χ0n) is 11.9. The third-order valence-corrected chi connectivity index (χ3v) is 2.70. The fraction of sp³-hybridized carbons (Fsp3) is 0.571. The summed E-state index contributed by atoms with van der Waals surface area (Å²) >= 11 is 0. The van der Waals surface area contributed by atoms with Crippen LogP contribution in [0.25, 0.3) is 0 Å². The Morgan fingerprint density at radius 3 is 2.53 bits per heavy atom. The zero-order valence-corrected chi connectivity index (χ0v) is 11.9. The van der Waals surface area contributed by atoms with Crippen LogP contribution in [0.5, 0.6) is 17.2 Å². The maximum absolute atomic E-state index is 5.58. The van der Waals surface area contributed by atoms with Gasteiger partial charge in [0, 0.05) is 30.8 Å². The van der Waals surface area contributed by atoms with Crippen molar-refractivity contribution >= 4 is 0 Å². The van der Waals surface area contributed by atoms with Crippen molar-refractivity contribution in [2.24, 2.45) is 0 Å². The molecule has 0 atom stereocenters. The first kappa shape index (κ1) is 14.0. The molecule has 1 aliphatic heterocycles. The Kier molecular flexibility index (Phi) is 4.17. The number of nitrogens with one attached hydrogen (secondary N) is 1. The monoisotopic (exact) mass is 267 g/mol. The first-order valence-corrected chi connectivity index (χ1v) is 6.29. The van der Waals surface area contributed by atoms with Gasteiger partial charge in [-0.2, -0.15) is 0 Å². The standard InChI is InChI=1S/C14H21NO4/c1-14(2,3)15-7-10-5-12-13(19-9-18-12)6-11(10)17-8-16-4/h5-6,15H,7-9H2,1-4H3. The molecular formula is C14H21NO4. The molecule has 0 spiro atoms. The molecular weight excluding hydrogens is 246 g/mol. The summed E-state index contributed by atoms with van der Waals surface area (Å²) in [5.41, 5.74) is 1.06. The highest BCUT2D eigenvalue weighted by Gasteiger charge is 2.19. The highest BCUT2D eigenvalue weighted by atomic mass is 16.7. The molecule has 106 valence electrons. The van der Waals surface area contributed by atoms with E-state index in [2.05, 4.69) is 26.1 Å². The molecule has 0 aliphatic carbocycles. The van der Waals surface area contributed by atoms with Crippen molar-refractivity contribution in [1.82, 2.24) is 5.32 Å². The Morgan fingerprint density at radius 2 is 1.89 bits per heavy atom. The van der Waals surface area contributed by atoms with Crippen LogP contribution in [0, 0.1) is 0 Å². The molecule has 0 saturated heterocycles. The number of rotatable bonds is 5. The van der Waals surface area contributed by atoms with Crippen LogP contribution < -0.4 is 19.5 Å². The quantitative estimate of drug-likeness (QED) is 0.829. The maximum Gasteiger partial charge on any atom is 0.231 e. The lowest BCUT2D eigenvalue weighted by Crippen LogP contribution is -2.35. The Balaban J connectivity index is 2.18. The molecule has 0 aromatic heterocycles. The lowest BCUT2D eigenvalue weighted by Gasteiger charge is -2.21. The molecule has 0 saturated carbocycles. The van der Waals surface area contributed by atoms with Gasteiger partial charge in [-0.25, -0.2) is 0 Å². The Bertz CT molecular complexity index is 440. The van der Waals surface area contributed by atoms with E-state index >= 15 is 0 Å². The molecule has 1 heterocycles. The van der Waals surface area contributed by atoms with Crippen LogP contribution in [0.4, 0.5) is 0 Å². The summed E-state index contributed by atoms with van der Waals surface area (Å²) in [5.74, 6) is 2.23. The topological polar surface area (TPSA) is 49.0 Å². The molecule has 1 N–H and O–H groups in total. The van der Waals surface area contributed by atoms with Gasteiger partial charge in [0.15, 0.2) is 18.3 Å². The first-order chi connectivity index (χ1) is 8.99. The molecule has 1 aliphatic rings. The number of ether oxygens (including phenoxy) is 4. The van der Waals surface area contributed by atoms with Gasteiger partial charge in [0.05, 0.1) is 0 Å². The van der Waals surface area contributed by atoms with Gasteiger partial charge in [0.25, 0.3) is 0 Å². The summed E-state index contributed by atoms with van der Waals surface area (Å²) in [6.45, 7) is 7.53.